The van der Waals surface area contributed by atoms with Crippen molar-refractivity contribution in [3.05, 3.63) is 57.6 Å². The van der Waals surface area contributed by atoms with Gasteiger partial charge in [0, 0.05) is 35.1 Å². The fourth-order valence-electron chi connectivity index (χ4n) is 3.19. The number of methoxy groups -OCH3 is 2. The van der Waals surface area contributed by atoms with Crippen LogP contribution >= 0.6 is 23.2 Å². The maximum absolute atomic E-state index is 13.2. The van der Waals surface area contributed by atoms with Crippen molar-refractivity contribution >= 4 is 35.0 Å². The number of ether oxygens (including phenoxy) is 2. The second kappa shape index (κ2) is 11.8. The van der Waals surface area contributed by atoms with Crippen molar-refractivity contribution in [3.8, 4) is 11.5 Å². The Morgan fingerprint density at radius 1 is 1.06 bits per heavy atom. The van der Waals surface area contributed by atoms with Crippen LogP contribution in [-0.4, -0.2) is 43.5 Å². The van der Waals surface area contributed by atoms with E-state index in [1.54, 1.807) is 45.4 Å². The highest BCUT2D eigenvalue weighted by atomic mass is 35.5. The van der Waals surface area contributed by atoms with Gasteiger partial charge in [0.1, 0.15) is 6.04 Å². The summed E-state index contributed by atoms with van der Waals surface area (Å²) in [6.45, 7) is 4.15. The summed E-state index contributed by atoms with van der Waals surface area (Å²) in [7, 11) is 3.14. The normalized spacial score (nSPS) is 11.5. The van der Waals surface area contributed by atoms with Crippen molar-refractivity contribution in [1.82, 2.24) is 10.2 Å². The monoisotopic (exact) mass is 466 g/mol. The molecule has 2 aromatic rings. The van der Waals surface area contributed by atoms with Crippen molar-refractivity contribution in [3.63, 3.8) is 0 Å². The number of carbonyl (C=O) groups excluding carboxylic acids is 2. The summed E-state index contributed by atoms with van der Waals surface area (Å²) in [5.41, 5.74) is 1.54. The van der Waals surface area contributed by atoms with Gasteiger partial charge >= 0.3 is 0 Å². The fraction of sp³-hybridized carbons (Fsp3) is 0.391. The molecule has 31 heavy (non-hydrogen) atoms. The molecule has 2 rings (SSSR count). The van der Waals surface area contributed by atoms with E-state index in [4.69, 9.17) is 32.7 Å². The Morgan fingerprint density at radius 3 is 2.29 bits per heavy atom. The van der Waals surface area contributed by atoms with Crippen LogP contribution in [0.25, 0.3) is 0 Å². The van der Waals surface area contributed by atoms with Crippen molar-refractivity contribution in [1.29, 1.82) is 0 Å². The van der Waals surface area contributed by atoms with E-state index in [9.17, 15) is 9.59 Å². The minimum absolute atomic E-state index is 0.140. The van der Waals surface area contributed by atoms with Gasteiger partial charge in [0.2, 0.25) is 11.8 Å². The minimum atomic E-state index is -0.676. The molecule has 0 spiro atoms. The van der Waals surface area contributed by atoms with Crippen LogP contribution < -0.4 is 14.8 Å². The van der Waals surface area contributed by atoms with Gasteiger partial charge in [-0.05, 0) is 50.1 Å². The summed E-state index contributed by atoms with van der Waals surface area (Å²) in [5, 5.41) is 3.67. The number of carbonyl (C=O) groups is 2. The highest BCUT2D eigenvalue weighted by Crippen LogP contribution is 2.29. The zero-order chi connectivity index (χ0) is 23.0. The molecular weight excluding hydrogens is 439 g/mol. The Kier molecular flexibility index (Phi) is 9.46. The lowest BCUT2D eigenvalue weighted by atomic mass is 10.1. The highest BCUT2D eigenvalue weighted by Gasteiger charge is 2.27. The van der Waals surface area contributed by atoms with Gasteiger partial charge in [0.15, 0.2) is 11.5 Å². The van der Waals surface area contributed by atoms with Gasteiger partial charge in [-0.25, -0.2) is 0 Å². The van der Waals surface area contributed by atoms with Crippen LogP contribution in [0.2, 0.25) is 10.0 Å². The molecule has 2 amide bonds. The molecule has 0 fully saturated rings. The number of hydrogen-bond donors (Lipinski definition) is 1. The van der Waals surface area contributed by atoms with E-state index in [-0.39, 0.29) is 24.8 Å². The predicted octanol–water partition coefficient (Wildman–Crippen LogP) is 4.50. The first-order valence-electron chi connectivity index (χ1n) is 10.0. The number of likely N-dealkylation sites (N-methyl/N-ethyl adjacent to an activating group) is 1. The van der Waals surface area contributed by atoms with Gasteiger partial charge in [0.25, 0.3) is 0 Å². The molecule has 0 aliphatic carbocycles. The molecule has 8 heteroatoms. The van der Waals surface area contributed by atoms with Crippen LogP contribution in [0.5, 0.6) is 11.5 Å². The molecule has 0 saturated heterocycles. The lowest BCUT2D eigenvalue weighted by Gasteiger charge is -2.29. The molecule has 1 unspecified atom stereocenters. The van der Waals surface area contributed by atoms with Crippen LogP contribution in [0.1, 0.15) is 31.4 Å². The Morgan fingerprint density at radius 2 is 1.71 bits per heavy atom. The van der Waals surface area contributed by atoms with Crippen LogP contribution in [0.4, 0.5) is 0 Å². The zero-order valence-electron chi connectivity index (χ0n) is 18.2. The summed E-state index contributed by atoms with van der Waals surface area (Å²) in [4.78, 5) is 27.2. The van der Waals surface area contributed by atoms with Crippen molar-refractivity contribution in [2.75, 3.05) is 20.8 Å². The predicted molar refractivity (Wildman–Crippen MR) is 123 cm³/mol. The molecule has 0 aromatic heterocycles. The third-order valence-corrected chi connectivity index (χ3v) is 5.69. The number of nitrogens with one attached hydrogen (secondary N) is 1. The number of nitrogens with zero attached hydrogens (tertiary/aromatic N) is 1. The number of hydrogen-bond acceptors (Lipinski definition) is 4. The number of benzene rings is 2. The molecular formula is C23H28Cl2N2O4. The largest absolute Gasteiger partial charge is 0.493 e. The molecule has 1 N–H and O–H groups in total. The number of halogens is 2. The summed E-state index contributed by atoms with van der Waals surface area (Å²) in [5.74, 6) is 0.815. The molecule has 168 valence electrons. The molecule has 6 nitrogen and oxygen atoms in total. The van der Waals surface area contributed by atoms with E-state index >= 15 is 0 Å². The first-order valence-corrected chi connectivity index (χ1v) is 10.8. The third-order valence-electron chi connectivity index (χ3n) is 4.98. The standard InChI is InChI=1S/C23H28Cl2N2O4/c1-5-26-23(29)15(2)27(14-17-18(24)7-6-8-19(17)25)22(28)12-10-16-9-11-20(30-3)21(13-16)31-4/h6-9,11,13,15H,5,10,12,14H2,1-4H3,(H,26,29). The average molecular weight is 467 g/mol. The van der Waals surface area contributed by atoms with Gasteiger partial charge in [-0.1, -0.05) is 35.3 Å². The molecule has 0 aliphatic rings. The van der Waals surface area contributed by atoms with Gasteiger partial charge < -0.3 is 19.7 Å². The summed E-state index contributed by atoms with van der Waals surface area (Å²) in [6.07, 6.45) is 0.690. The first kappa shape index (κ1) is 24.8. The highest BCUT2D eigenvalue weighted by molar-refractivity contribution is 6.36. The molecule has 2 aromatic carbocycles. The molecule has 1 atom stereocenters. The lowest BCUT2D eigenvalue weighted by molar-refractivity contribution is -0.140. The van der Waals surface area contributed by atoms with E-state index < -0.39 is 6.04 Å². The lowest BCUT2D eigenvalue weighted by Crippen LogP contribution is -2.47. The third kappa shape index (κ3) is 6.52. The fourth-order valence-corrected chi connectivity index (χ4v) is 3.71. The quantitative estimate of drug-likeness (QED) is 0.559. The van der Waals surface area contributed by atoms with E-state index in [1.165, 1.54) is 4.90 Å². The Bertz CT molecular complexity index is 900. The molecule has 0 saturated carbocycles. The Hall–Kier alpha value is -2.44. The smallest absolute Gasteiger partial charge is 0.242 e. The molecule has 0 bridgehead atoms. The van der Waals surface area contributed by atoms with Crippen LogP contribution in [-0.2, 0) is 22.6 Å². The van der Waals surface area contributed by atoms with Crippen LogP contribution in [0.15, 0.2) is 36.4 Å². The number of rotatable bonds is 10. The summed E-state index contributed by atoms with van der Waals surface area (Å²) >= 11 is 12.6. The van der Waals surface area contributed by atoms with Crippen molar-refractivity contribution < 1.29 is 19.1 Å². The van der Waals surface area contributed by atoms with E-state index in [0.717, 1.165) is 5.56 Å². The zero-order valence-corrected chi connectivity index (χ0v) is 19.7. The van der Waals surface area contributed by atoms with Crippen molar-refractivity contribution in [2.24, 2.45) is 0 Å². The number of aryl methyl sites for hydroxylation is 1. The van der Waals surface area contributed by atoms with Crippen molar-refractivity contribution in [2.45, 2.75) is 39.3 Å². The minimum Gasteiger partial charge on any atom is -0.493 e. The van der Waals surface area contributed by atoms with E-state index in [2.05, 4.69) is 5.32 Å². The second-order valence-corrected chi connectivity index (χ2v) is 7.80. The SMILES string of the molecule is CCNC(=O)C(C)N(Cc1c(Cl)cccc1Cl)C(=O)CCc1ccc(OC)c(OC)c1. The van der Waals surface area contributed by atoms with Crippen LogP contribution in [0.3, 0.4) is 0 Å². The van der Waals surface area contributed by atoms with Gasteiger partial charge in [-0.3, -0.25) is 9.59 Å². The molecule has 0 aliphatic heterocycles. The molecule has 0 heterocycles. The first-order chi connectivity index (χ1) is 14.8. The molecule has 0 radical (unpaired) electrons. The van der Waals surface area contributed by atoms with E-state index in [0.29, 0.717) is 40.1 Å². The van der Waals surface area contributed by atoms with E-state index in [1.807, 2.05) is 19.1 Å². The van der Waals surface area contributed by atoms with Crippen LogP contribution in [0, 0.1) is 0 Å². The van der Waals surface area contributed by atoms with Gasteiger partial charge in [-0.2, -0.15) is 0 Å². The summed E-state index contributed by atoms with van der Waals surface area (Å²) in [6, 6.07) is 10.0. The maximum atomic E-state index is 13.2. The summed E-state index contributed by atoms with van der Waals surface area (Å²) < 4.78 is 10.6. The average Bonchev–Trinajstić information content (AvgIpc) is 2.76. The number of amides is 2. The Labute approximate surface area is 193 Å². The topological polar surface area (TPSA) is 67.9 Å². The van der Waals surface area contributed by atoms with Gasteiger partial charge in [0.05, 0.1) is 14.2 Å². The second-order valence-electron chi connectivity index (χ2n) is 6.98. The van der Waals surface area contributed by atoms with Gasteiger partial charge in [-0.15, -0.1) is 0 Å². The Balaban J connectivity index is 2.22. The maximum Gasteiger partial charge on any atom is 0.242 e.